The van der Waals surface area contributed by atoms with E-state index in [4.69, 9.17) is 0 Å². The molecule has 0 fully saturated rings. The fourth-order valence-electron chi connectivity index (χ4n) is 2.59. The van der Waals surface area contributed by atoms with Crippen LogP contribution in [0.15, 0.2) is 30.3 Å². The molecule has 2 aromatic rings. The number of hydrogen-bond donors (Lipinski definition) is 0. The van der Waals surface area contributed by atoms with Crippen molar-refractivity contribution in [3.8, 4) is 11.1 Å². The highest BCUT2D eigenvalue weighted by molar-refractivity contribution is 14.1. The van der Waals surface area contributed by atoms with Gasteiger partial charge in [0.15, 0.2) is 0 Å². The molecule has 0 radical (unpaired) electrons. The summed E-state index contributed by atoms with van der Waals surface area (Å²) in [6, 6.07) is 11.1. The first-order valence-electron chi connectivity index (χ1n) is 5.55. The van der Waals surface area contributed by atoms with Crippen molar-refractivity contribution in [2.45, 2.75) is 20.3 Å². The fourth-order valence-corrected chi connectivity index (χ4v) is 3.07. The summed E-state index contributed by atoms with van der Waals surface area (Å²) < 4.78 is 1.42. The van der Waals surface area contributed by atoms with Crippen molar-refractivity contribution < 1.29 is 0 Å². The van der Waals surface area contributed by atoms with Crippen molar-refractivity contribution >= 4 is 22.6 Å². The van der Waals surface area contributed by atoms with Gasteiger partial charge >= 0.3 is 0 Å². The number of aryl methyl sites for hydroxylation is 1. The molecule has 0 bridgehead atoms. The molecule has 1 heteroatoms. The van der Waals surface area contributed by atoms with E-state index in [1.54, 1.807) is 0 Å². The number of rotatable bonds is 0. The number of halogens is 1. The third kappa shape index (κ3) is 1.34. The normalized spacial score (nSPS) is 12.4. The quantitative estimate of drug-likeness (QED) is 0.536. The Labute approximate surface area is 110 Å². The number of fused-ring (bicyclic) bond motifs is 3. The summed E-state index contributed by atoms with van der Waals surface area (Å²) in [7, 11) is 0. The lowest BCUT2D eigenvalue weighted by atomic mass is 9.99. The second kappa shape index (κ2) is 3.59. The number of hydrogen-bond acceptors (Lipinski definition) is 0. The van der Waals surface area contributed by atoms with E-state index in [2.05, 4.69) is 66.8 Å². The zero-order valence-corrected chi connectivity index (χ0v) is 11.6. The van der Waals surface area contributed by atoms with Crippen molar-refractivity contribution in [2.24, 2.45) is 0 Å². The summed E-state index contributed by atoms with van der Waals surface area (Å²) in [4.78, 5) is 0. The third-order valence-electron chi connectivity index (χ3n) is 3.49. The van der Waals surface area contributed by atoms with Crippen LogP contribution in [0.5, 0.6) is 0 Å². The van der Waals surface area contributed by atoms with Crippen LogP contribution in [0.4, 0.5) is 0 Å². The van der Waals surface area contributed by atoms with Gasteiger partial charge in [-0.15, -0.1) is 0 Å². The van der Waals surface area contributed by atoms with E-state index in [-0.39, 0.29) is 0 Å². The average Bonchev–Trinajstić information content (AvgIpc) is 2.65. The van der Waals surface area contributed by atoms with Crippen molar-refractivity contribution in [3.05, 3.63) is 56.2 Å². The highest BCUT2D eigenvalue weighted by Crippen LogP contribution is 2.40. The molecular weight excluding hydrogens is 307 g/mol. The van der Waals surface area contributed by atoms with Crippen LogP contribution in [-0.2, 0) is 6.42 Å². The Bertz CT molecular complexity index is 582. The molecule has 2 aromatic carbocycles. The monoisotopic (exact) mass is 320 g/mol. The van der Waals surface area contributed by atoms with E-state index in [1.807, 2.05) is 0 Å². The van der Waals surface area contributed by atoms with Gasteiger partial charge in [0.25, 0.3) is 0 Å². The molecule has 0 nitrogen and oxygen atoms in total. The molecule has 1 aliphatic rings. The summed E-state index contributed by atoms with van der Waals surface area (Å²) in [5, 5.41) is 0. The van der Waals surface area contributed by atoms with Crippen LogP contribution in [0.25, 0.3) is 11.1 Å². The predicted octanol–water partition coefficient (Wildman–Crippen LogP) is 4.48. The molecule has 0 atom stereocenters. The Hall–Kier alpha value is -0.830. The van der Waals surface area contributed by atoms with Gasteiger partial charge in [-0.2, -0.15) is 0 Å². The zero-order valence-electron chi connectivity index (χ0n) is 9.47. The van der Waals surface area contributed by atoms with Crippen molar-refractivity contribution in [2.75, 3.05) is 0 Å². The Morgan fingerprint density at radius 1 is 1.06 bits per heavy atom. The molecule has 3 rings (SSSR count). The number of benzene rings is 2. The Morgan fingerprint density at radius 3 is 2.62 bits per heavy atom. The third-order valence-corrected chi connectivity index (χ3v) is 5.15. The van der Waals surface area contributed by atoms with Crippen LogP contribution in [0, 0.1) is 17.4 Å². The lowest BCUT2D eigenvalue weighted by molar-refractivity contribution is 1.19. The van der Waals surface area contributed by atoms with Crippen LogP contribution in [0.1, 0.15) is 22.3 Å². The Kier molecular flexibility index (Phi) is 2.32. The van der Waals surface area contributed by atoms with Crippen molar-refractivity contribution in [3.63, 3.8) is 0 Å². The minimum absolute atomic E-state index is 1.10. The maximum Gasteiger partial charge on any atom is 0.0192 e. The van der Waals surface area contributed by atoms with Gasteiger partial charge in [-0.3, -0.25) is 0 Å². The second-order valence-electron chi connectivity index (χ2n) is 4.49. The van der Waals surface area contributed by atoms with E-state index in [0.717, 1.165) is 6.42 Å². The molecule has 1 aliphatic carbocycles. The van der Waals surface area contributed by atoms with Gasteiger partial charge in [0, 0.05) is 3.57 Å². The van der Waals surface area contributed by atoms with Crippen LogP contribution in [0.2, 0.25) is 0 Å². The molecule has 0 saturated carbocycles. The maximum atomic E-state index is 2.46. The molecule has 0 aromatic heterocycles. The molecule has 0 saturated heterocycles. The first-order chi connectivity index (χ1) is 7.68. The van der Waals surface area contributed by atoms with Crippen LogP contribution in [-0.4, -0.2) is 0 Å². The Morgan fingerprint density at radius 2 is 1.81 bits per heavy atom. The minimum Gasteiger partial charge on any atom is -0.0619 e. The van der Waals surface area contributed by atoms with Gasteiger partial charge in [-0.1, -0.05) is 30.3 Å². The van der Waals surface area contributed by atoms with Gasteiger partial charge in [0.05, 0.1) is 0 Å². The minimum atomic E-state index is 1.10. The summed E-state index contributed by atoms with van der Waals surface area (Å²) >= 11 is 2.46. The van der Waals surface area contributed by atoms with Crippen LogP contribution >= 0.6 is 22.6 Å². The summed E-state index contributed by atoms with van der Waals surface area (Å²) in [6.45, 7) is 4.45. The highest BCUT2D eigenvalue weighted by atomic mass is 127. The van der Waals surface area contributed by atoms with Gasteiger partial charge in [-0.05, 0) is 76.2 Å². The topological polar surface area (TPSA) is 0 Å². The highest BCUT2D eigenvalue weighted by Gasteiger charge is 2.21. The zero-order chi connectivity index (χ0) is 11.3. The van der Waals surface area contributed by atoms with Gasteiger partial charge in [-0.25, -0.2) is 0 Å². The second-order valence-corrected chi connectivity index (χ2v) is 5.57. The first kappa shape index (κ1) is 10.3. The summed E-state index contributed by atoms with van der Waals surface area (Å²) in [5.41, 5.74) is 8.74. The van der Waals surface area contributed by atoms with E-state index >= 15 is 0 Å². The van der Waals surface area contributed by atoms with Crippen LogP contribution in [0.3, 0.4) is 0 Å². The SMILES string of the molecule is Cc1cc2c(c(C)c1I)Cc1ccccc1-2. The van der Waals surface area contributed by atoms with Crippen molar-refractivity contribution in [1.82, 2.24) is 0 Å². The molecule has 0 amide bonds. The summed E-state index contributed by atoms with van der Waals surface area (Å²) in [6.07, 6.45) is 1.10. The maximum absolute atomic E-state index is 2.46. The van der Waals surface area contributed by atoms with Gasteiger partial charge in [0.2, 0.25) is 0 Å². The molecule has 16 heavy (non-hydrogen) atoms. The molecule has 0 heterocycles. The molecule has 0 aliphatic heterocycles. The largest absolute Gasteiger partial charge is 0.0619 e. The molecule has 0 unspecified atom stereocenters. The van der Waals surface area contributed by atoms with E-state index in [9.17, 15) is 0 Å². The smallest absolute Gasteiger partial charge is 0.0192 e. The standard InChI is InChI=1S/C15H13I/c1-9-7-14-12-6-4-3-5-11(12)8-13(14)10(2)15(9)16/h3-7H,8H2,1-2H3. The molecule has 80 valence electrons. The van der Waals surface area contributed by atoms with E-state index in [0.29, 0.717) is 0 Å². The molecule has 0 spiro atoms. The van der Waals surface area contributed by atoms with Gasteiger partial charge in [0.1, 0.15) is 0 Å². The fraction of sp³-hybridized carbons (Fsp3) is 0.200. The lowest BCUT2D eigenvalue weighted by Crippen LogP contribution is -1.93. The average molecular weight is 320 g/mol. The van der Waals surface area contributed by atoms with E-state index < -0.39 is 0 Å². The van der Waals surface area contributed by atoms with Crippen molar-refractivity contribution in [1.29, 1.82) is 0 Å². The molecule has 0 N–H and O–H groups in total. The van der Waals surface area contributed by atoms with E-state index in [1.165, 1.54) is 37.0 Å². The summed E-state index contributed by atoms with van der Waals surface area (Å²) in [5.74, 6) is 0. The lowest BCUT2D eigenvalue weighted by Gasteiger charge is -2.09. The predicted molar refractivity (Wildman–Crippen MR) is 76.9 cm³/mol. The van der Waals surface area contributed by atoms with Crippen LogP contribution < -0.4 is 0 Å². The first-order valence-corrected chi connectivity index (χ1v) is 6.63. The van der Waals surface area contributed by atoms with Gasteiger partial charge < -0.3 is 0 Å². The Balaban J connectivity index is 2.34. The molecular formula is C15H13I.